The number of unbranched alkanes of at least 4 members (excludes halogenated alkanes) is 1. The molecule has 0 saturated heterocycles. The van der Waals surface area contributed by atoms with Crippen molar-refractivity contribution in [3.8, 4) is 0 Å². The fourth-order valence-corrected chi connectivity index (χ4v) is 3.15. The zero-order chi connectivity index (χ0) is 14.3. The van der Waals surface area contributed by atoms with Crippen molar-refractivity contribution in [1.29, 1.82) is 0 Å². The highest BCUT2D eigenvalue weighted by atomic mass is 32.2. The Kier molecular flexibility index (Phi) is 5.98. The highest BCUT2D eigenvalue weighted by Gasteiger charge is 2.23. The molecule has 0 atom stereocenters. The number of aliphatic carboxylic acids is 1. The van der Waals surface area contributed by atoms with Gasteiger partial charge in [-0.1, -0.05) is 31.5 Å². The highest BCUT2D eigenvalue weighted by molar-refractivity contribution is 7.89. The van der Waals surface area contributed by atoms with Gasteiger partial charge in [-0.3, -0.25) is 4.79 Å². The summed E-state index contributed by atoms with van der Waals surface area (Å²) in [4.78, 5) is 10.8. The quantitative estimate of drug-likeness (QED) is 0.792. The van der Waals surface area contributed by atoms with E-state index in [4.69, 9.17) is 5.11 Å². The summed E-state index contributed by atoms with van der Waals surface area (Å²) in [5, 5.41) is 8.70. The monoisotopic (exact) mass is 285 g/mol. The van der Waals surface area contributed by atoms with Crippen molar-refractivity contribution >= 4 is 16.0 Å². The maximum absolute atomic E-state index is 12.4. The third-order valence-electron chi connectivity index (χ3n) is 2.72. The number of hydrogen-bond acceptors (Lipinski definition) is 3. The lowest BCUT2D eigenvalue weighted by molar-refractivity contribution is -0.137. The van der Waals surface area contributed by atoms with Gasteiger partial charge in [-0.2, -0.15) is 4.31 Å². The Balaban J connectivity index is 2.91. The van der Waals surface area contributed by atoms with Crippen LogP contribution >= 0.6 is 0 Å². The van der Waals surface area contributed by atoms with Crippen LogP contribution in [0.25, 0.3) is 0 Å². The third-order valence-corrected chi connectivity index (χ3v) is 4.63. The van der Waals surface area contributed by atoms with Crippen LogP contribution in [0.15, 0.2) is 35.2 Å². The van der Waals surface area contributed by atoms with Crippen LogP contribution in [0, 0.1) is 0 Å². The van der Waals surface area contributed by atoms with Crippen LogP contribution in [0.4, 0.5) is 0 Å². The Morgan fingerprint density at radius 2 is 1.84 bits per heavy atom. The molecule has 0 aliphatic rings. The minimum Gasteiger partial charge on any atom is -0.481 e. The summed E-state index contributed by atoms with van der Waals surface area (Å²) >= 11 is 0. The molecule has 0 bridgehead atoms. The predicted octanol–water partition coefficient (Wildman–Crippen LogP) is 1.95. The van der Waals surface area contributed by atoms with E-state index in [-0.39, 0.29) is 17.9 Å². The normalized spacial score (nSPS) is 11.7. The molecule has 0 fully saturated rings. The van der Waals surface area contributed by atoms with Crippen LogP contribution in [0.2, 0.25) is 0 Å². The highest BCUT2D eigenvalue weighted by Crippen LogP contribution is 2.16. The van der Waals surface area contributed by atoms with E-state index in [1.54, 1.807) is 18.2 Å². The first kappa shape index (κ1) is 15.7. The van der Waals surface area contributed by atoms with Gasteiger partial charge in [0.15, 0.2) is 0 Å². The number of benzene rings is 1. The minimum atomic E-state index is -3.60. The first-order valence-corrected chi connectivity index (χ1v) is 7.69. The van der Waals surface area contributed by atoms with Crippen molar-refractivity contribution in [2.45, 2.75) is 31.1 Å². The molecule has 1 aromatic carbocycles. The first-order valence-electron chi connectivity index (χ1n) is 6.25. The zero-order valence-corrected chi connectivity index (χ0v) is 11.8. The number of carbonyl (C=O) groups is 1. The van der Waals surface area contributed by atoms with Crippen molar-refractivity contribution in [1.82, 2.24) is 4.31 Å². The van der Waals surface area contributed by atoms with Gasteiger partial charge in [-0.25, -0.2) is 8.42 Å². The molecular weight excluding hydrogens is 266 g/mol. The van der Waals surface area contributed by atoms with Crippen molar-refractivity contribution in [2.24, 2.45) is 0 Å². The van der Waals surface area contributed by atoms with Gasteiger partial charge in [0.25, 0.3) is 0 Å². The Labute approximate surface area is 113 Å². The number of nitrogens with zero attached hydrogens (tertiary/aromatic N) is 1. The lowest BCUT2D eigenvalue weighted by Gasteiger charge is -2.21. The predicted molar refractivity (Wildman–Crippen MR) is 72.4 cm³/mol. The van der Waals surface area contributed by atoms with Gasteiger partial charge in [-0.05, 0) is 18.6 Å². The minimum absolute atomic E-state index is 0.00651. The second kappa shape index (κ2) is 7.25. The number of hydrogen-bond donors (Lipinski definition) is 1. The van der Waals surface area contributed by atoms with Gasteiger partial charge in [-0.15, -0.1) is 0 Å². The molecule has 0 amide bonds. The van der Waals surface area contributed by atoms with Crippen LogP contribution in [0.3, 0.4) is 0 Å². The molecule has 1 rings (SSSR count). The second-order valence-electron chi connectivity index (χ2n) is 4.21. The molecule has 0 unspecified atom stereocenters. The molecular formula is C13H19NO4S. The Hall–Kier alpha value is -1.40. The summed E-state index contributed by atoms with van der Waals surface area (Å²) in [6, 6.07) is 8.10. The number of carboxylic acid groups (broad SMARTS) is 1. The zero-order valence-electron chi connectivity index (χ0n) is 10.9. The molecule has 0 spiro atoms. The smallest absolute Gasteiger partial charge is 0.304 e. The summed E-state index contributed by atoms with van der Waals surface area (Å²) in [6.45, 7) is 2.32. The van der Waals surface area contributed by atoms with Crippen molar-refractivity contribution < 1.29 is 18.3 Å². The fourth-order valence-electron chi connectivity index (χ4n) is 1.65. The summed E-state index contributed by atoms with van der Waals surface area (Å²) in [5.41, 5.74) is 0. The van der Waals surface area contributed by atoms with Crippen molar-refractivity contribution in [2.75, 3.05) is 13.1 Å². The van der Waals surface area contributed by atoms with Crippen LogP contribution in [0.1, 0.15) is 26.2 Å². The van der Waals surface area contributed by atoms with Gasteiger partial charge in [0.05, 0.1) is 11.3 Å². The standard InChI is InChI=1S/C13H19NO4S/c1-2-3-10-14(11-9-13(15)16)19(17,18)12-7-5-4-6-8-12/h4-8H,2-3,9-11H2,1H3,(H,15,16). The summed E-state index contributed by atoms with van der Waals surface area (Å²) in [5.74, 6) is -0.996. The molecule has 19 heavy (non-hydrogen) atoms. The number of sulfonamides is 1. The molecule has 0 aliphatic heterocycles. The van der Waals surface area contributed by atoms with Crippen LogP contribution in [0.5, 0.6) is 0 Å². The molecule has 0 aliphatic carbocycles. The second-order valence-corrected chi connectivity index (χ2v) is 6.15. The van der Waals surface area contributed by atoms with Gasteiger partial charge < -0.3 is 5.11 Å². The lowest BCUT2D eigenvalue weighted by Crippen LogP contribution is -2.34. The average molecular weight is 285 g/mol. The number of rotatable bonds is 8. The van der Waals surface area contributed by atoms with E-state index in [0.29, 0.717) is 13.0 Å². The van der Waals surface area contributed by atoms with E-state index in [0.717, 1.165) is 6.42 Å². The number of carboxylic acids is 1. The summed E-state index contributed by atoms with van der Waals surface area (Å²) in [7, 11) is -3.60. The molecule has 0 saturated carbocycles. The van der Waals surface area contributed by atoms with Gasteiger partial charge in [0.2, 0.25) is 10.0 Å². The molecule has 5 nitrogen and oxygen atoms in total. The average Bonchev–Trinajstić information content (AvgIpc) is 2.39. The molecule has 1 aromatic rings. The Morgan fingerprint density at radius 3 is 2.37 bits per heavy atom. The maximum atomic E-state index is 12.4. The molecule has 6 heteroatoms. The molecule has 0 radical (unpaired) electrons. The summed E-state index contributed by atoms with van der Waals surface area (Å²) < 4.78 is 26.0. The molecule has 0 heterocycles. The molecule has 106 valence electrons. The SMILES string of the molecule is CCCCN(CCC(=O)O)S(=O)(=O)c1ccccc1. The van der Waals surface area contributed by atoms with Crippen molar-refractivity contribution in [3.63, 3.8) is 0 Å². The van der Waals surface area contributed by atoms with Gasteiger partial charge in [0.1, 0.15) is 0 Å². The maximum Gasteiger partial charge on any atom is 0.304 e. The van der Waals surface area contributed by atoms with Crippen LogP contribution in [-0.2, 0) is 14.8 Å². The topological polar surface area (TPSA) is 74.7 Å². The Morgan fingerprint density at radius 1 is 1.21 bits per heavy atom. The third kappa shape index (κ3) is 4.65. The lowest BCUT2D eigenvalue weighted by atomic mass is 10.3. The molecule has 0 aromatic heterocycles. The van der Waals surface area contributed by atoms with Crippen LogP contribution < -0.4 is 0 Å². The van der Waals surface area contributed by atoms with Gasteiger partial charge in [0, 0.05) is 13.1 Å². The summed E-state index contributed by atoms with van der Waals surface area (Å²) in [6.07, 6.45) is 1.38. The van der Waals surface area contributed by atoms with E-state index in [2.05, 4.69) is 0 Å². The van der Waals surface area contributed by atoms with Crippen LogP contribution in [-0.4, -0.2) is 36.9 Å². The largest absolute Gasteiger partial charge is 0.481 e. The fraction of sp³-hybridized carbons (Fsp3) is 0.462. The van der Waals surface area contributed by atoms with E-state index >= 15 is 0 Å². The molecule has 1 N–H and O–H groups in total. The van der Waals surface area contributed by atoms with Crippen molar-refractivity contribution in [3.05, 3.63) is 30.3 Å². The first-order chi connectivity index (χ1) is 8.98. The van der Waals surface area contributed by atoms with Gasteiger partial charge >= 0.3 is 5.97 Å². The van der Waals surface area contributed by atoms with E-state index in [9.17, 15) is 13.2 Å². The Bertz CT molecular complexity index is 499. The van der Waals surface area contributed by atoms with E-state index in [1.165, 1.54) is 16.4 Å². The van der Waals surface area contributed by atoms with E-state index < -0.39 is 16.0 Å². The van der Waals surface area contributed by atoms with E-state index in [1.807, 2.05) is 6.92 Å².